The summed E-state index contributed by atoms with van der Waals surface area (Å²) in [6.45, 7) is 0. The van der Waals surface area contributed by atoms with Gasteiger partial charge in [0.15, 0.2) is 5.78 Å². The van der Waals surface area contributed by atoms with Crippen LogP contribution in [0.25, 0.3) is 11.1 Å². The number of hydrogen-bond donors (Lipinski definition) is 0. The summed E-state index contributed by atoms with van der Waals surface area (Å²) < 4.78 is 0. The number of nitriles is 1. The highest BCUT2D eigenvalue weighted by molar-refractivity contribution is 8.00. The maximum atomic E-state index is 12.6. The first-order valence-corrected chi connectivity index (χ1v) is 9.97. The maximum absolute atomic E-state index is 12.6. The lowest BCUT2D eigenvalue weighted by molar-refractivity contribution is 0.102. The molecule has 27 heavy (non-hydrogen) atoms. The van der Waals surface area contributed by atoms with E-state index in [9.17, 15) is 10.1 Å². The van der Waals surface area contributed by atoms with Crippen molar-refractivity contribution in [1.29, 1.82) is 5.26 Å². The fraction of sp³-hybridized carbons (Fsp3) is 0.174. The van der Waals surface area contributed by atoms with Gasteiger partial charge in [-0.2, -0.15) is 5.26 Å². The Balaban J connectivity index is 1.46. The first kappa shape index (κ1) is 17.5. The molecule has 1 aromatic heterocycles. The number of carbonyl (C=O) groups is 1. The minimum Gasteiger partial charge on any atom is -0.293 e. The third kappa shape index (κ3) is 3.79. The van der Waals surface area contributed by atoms with Crippen LogP contribution < -0.4 is 0 Å². The standard InChI is InChI=1S/C23H18N2OS/c24-14-20-13-19-7-4-8-21(19)25-23(20)27-15-22(26)18-11-9-17(10-12-18)16-5-2-1-3-6-16/h1-3,5-6,9-13H,4,7-8,15H2. The molecule has 0 N–H and O–H groups in total. The van der Waals surface area contributed by atoms with Crippen molar-refractivity contribution in [1.82, 2.24) is 4.98 Å². The normalized spacial score (nSPS) is 12.4. The monoisotopic (exact) mass is 370 g/mol. The zero-order valence-electron chi connectivity index (χ0n) is 14.8. The van der Waals surface area contributed by atoms with Crippen LogP contribution in [-0.4, -0.2) is 16.5 Å². The van der Waals surface area contributed by atoms with Gasteiger partial charge in [-0.3, -0.25) is 4.79 Å². The summed E-state index contributed by atoms with van der Waals surface area (Å²) in [5.41, 5.74) is 5.74. The minimum absolute atomic E-state index is 0.0470. The van der Waals surface area contributed by atoms with Gasteiger partial charge >= 0.3 is 0 Å². The van der Waals surface area contributed by atoms with E-state index in [-0.39, 0.29) is 11.5 Å². The quantitative estimate of drug-likeness (QED) is 0.464. The Bertz CT molecular complexity index is 1020. The predicted octanol–water partition coefficient (Wildman–Crippen LogP) is 5.08. The fourth-order valence-electron chi connectivity index (χ4n) is 3.34. The molecule has 1 aliphatic carbocycles. The van der Waals surface area contributed by atoms with Crippen molar-refractivity contribution in [3.8, 4) is 17.2 Å². The molecule has 2 aromatic carbocycles. The molecule has 0 amide bonds. The van der Waals surface area contributed by atoms with E-state index in [0.717, 1.165) is 36.1 Å². The van der Waals surface area contributed by atoms with E-state index in [2.05, 4.69) is 23.2 Å². The fourth-order valence-corrected chi connectivity index (χ4v) is 4.21. The Morgan fingerprint density at radius 2 is 1.78 bits per heavy atom. The van der Waals surface area contributed by atoms with Crippen LogP contribution in [0.5, 0.6) is 0 Å². The van der Waals surface area contributed by atoms with Crippen LogP contribution in [-0.2, 0) is 12.8 Å². The molecule has 0 radical (unpaired) electrons. The lowest BCUT2D eigenvalue weighted by Gasteiger charge is -2.07. The molecular weight excluding hydrogens is 352 g/mol. The number of fused-ring (bicyclic) bond motifs is 1. The van der Waals surface area contributed by atoms with E-state index < -0.39 is 0 Å². The number of aryl methyl sites for hydroxylation is 2. The molecular formula is C23H18N2OS. The third-order valence-corrected chi connectivity index (χ3v) is 5.78. The predicted molar refractivity (Wildman–Crippen MR) is 108 cm³/mol. The Labute approximate surface area is 163 Å². The zero-order valence-corrected chi connectivity index (χ0v) is 15.6. The van der Waals surface area contributed by atoms with E-state index in [1.807, 2.05) is 48.5 Å². The van der Waals surface area contributed by atoms with Crippen molar-refractivity contribution in [2.24, 2.45) is 0 Å². The Morgan fingerprint density at radius 3 is 2.52 bits per heavy atom. The van der Waals surface area contributed by atoms with Gasteiger partial charge in [-0.15, -0.1) is 0 Å². The van der Waals surface area contributed by atoms with Crippen molar-refractivity contribution in [2.45, 2.75) is 24.3 Å². The Kier molecular flexibility index (Phi) is 5.04. The van der Waals surface area contributed by atoms with Gasteiger partial charge in [0.25, 0.3) is 0 Å². The lowest BCUT2D eigenvalue weighted by atomic mass is 10.0. The van der Waals surface area contributed by atoms with E-state index >= 15 is 0 Å². The molecule has 0 unspecified atom stereocenters. The summed E-state index contributed by atoms with van der Waals surface area (Å²) in [4.78, 5) is 17.2. The second-order valence-corrected chi connectivity index (χ2v) is 7.53. The number of benzene rings is 2. The van der Waals surface area contributed by atoms with Crippen molar-refractivity contribution in [3.05, 3.63) is 83.0 Å². The SMILES string of the molecule is N#Cc1cc2c(nc1SCC(=O)c1ccc(-c3ccccc3)cc1)CCC2. The number of Topliss-reactive ketones (excluding diaryl/α,β-unsaturated/α-hetero) is 1. The van der Waals surface area contributed by atoms with E-state index in [0.29, 0.717) is 16.2 Å². The number of nitrogens with zero attached hydrogens (tertiary/aromatic N) is 2. The van der Waals surface area contributed by atoms with Crippen molar-refractivity contribution >= 4 is 17.5 Å². The molecule has 4 rings (SSSR count). The smallest absolute Gasteiger partial charge is 0.173 e. The molecule has 0 atom stereocenters. The summed E-state index contributed by atoms with van der Waals surface area (Å²) >= 11 is 1.36. The number of ketones is 1. The largest absolute Gasteiger partial charge is 0.293 e. The molecule has 1 heterocycles. The van der Waals surface area contributed by atoms with Crippen molar-refractivity contribution in [3.63, 3.8) is 0 Å². The molecule has 0 aliphatic heterocycles. The Morgan fingerprint density at radius 1 is 1.04 bits per heavy atom. The summed E-state index contributed by atoms with van der Waals surface area (Å²) in [6.07, 6.45) is 3.05. The zero-order chi connectivity index (χ0) is 18.6. The molecule has 132 valence electrons. The highest BCUT2D eigenvalue weighted by Gasteiger charge is 2.17. The van der Waals surface area contributed by atoms with Gasteiger partial charge < -0.3 is 0 Å². The van der Waals surface area contributed by atoms with Crippen molar-refractivity contribution in [2.75, 3.05) is 5.75 Å². The van der Waals surface area contributed by atoms with Crippen LogP contribution in [0.15, 0.2) is 65.7 Å². The highest BCUT2D eigenvalue weighted by atomic mass is 32.2. The molecule has 4 heteroatoms. The molecule has 0 saturated heterocycles. The molecule has 3 aromatic rings. The van der Waals surface area contributed by atoms with E-state index in [1.54, 1.807) is 0 Å². The summed E-state index contributed by atoms with van der Waals surface area (Å²) in [6, 6.07) is 21.9. The number of aromatic nitrogens is 1. The topological polar surface area (TPSA) is 53.8 Å². The number of thioether (sulfide) groups is 1. The molecule has 1 aliphatic rings. The summed E-state index contributed by atoms with van der Waals surface area (Å²) in [7, 11) is 0. The molecule has 0 fully saturated rings. The van der Waals surface area contributed by atoms with Gasteiger partial charge in [0.2, 0.25) is 0 Å². The number of rotatable bonds is 5. The van der Waals surface area contributed by atoms with E-state index in [4.69, 9.17) is 0 Å². The second-order valence-electron chi connectivity index (χ2n) is 6.57. The van der Waals surface area contributed by atoms with Crippen LogP contribution in [0.3, 0.4) is 0 Å². The molecule has 3 nitrogen and oxygen atoms in total. The van der Waals surface area contributed by atoms with Crippen LogP contribution in [0.4, 0.5) is 0 Å². The van der Waals surface area contributed by atoms with Gasteiger partial charge in [-0.05, 0) is 42.0 Å². The minimum atomic E-state index is 0.0470. The van der Waals surface area contributed by atoms with Gasteiger partial charge in [-0.25, -0.2) is 4.98 Å². The summed E-state index contributed by atoms with van der Waals surface area (Å²) in [5, 5.41) is 10.1. The maximum Gasteiger partial charge on any atom is 0.173 e. The average molecular weight is 370 g/mol. The Hall–Kier alpha value is -2.90. The van der Waals surface area contributed by atoms with E-state index in [1.165, 1.54) is 17.3 Å². The highest BCUT2D eigenvalue weighted by Crippen LogP contribution is 2.28. The molecule has 0 spiro atoms. The van der Waals surface area contributed by atoms with Crippen LogP contribution in [0, 0.1) is 11.3 Å². The summed E-state index contributed by atoms with van der Waals surface area (Å²) in [5.74, 6) is 0.330. The first-order chi connectivity index (χ1) is 13.2. The van der Waals surface area contributed by atoms with Gasteiger partial charge in [0.1, 0.15) is 11.1 Å². The molecule has 0 saturated carbocycles. The molecule has 0 bridgehead atoms. The van der Waals surface area contributed by atoms with Gasteiger partial charge in [0, 0.05) is 11.3 Å². The van der Waals surface area contributed by atoms with Crippen LogP contribution in [0.2, 0.25) is 0 Å². The number of pyridine rings is 1. The first-order valence-electron chi connectivity index (χ1n) is 8.99. The van der Waals surface area contributed by atoms with Crippen LogP contribution >= 0.6 is 11.8 Å². The van der Waals surface area contributed by atoms with Gasteiger partial charge in [0.05, 0.1) is 11.3 Å². The number of carbonyl (C=O) groups excluding carboxylic acids is 1. The lowest BCUT2D eigenvalue weighted by Crippen LogP contribution is -2.04. The second kappa shape index (κ2) is 7.77. The van der Waals surface area contributed by atoms with Gasteiger partial charge in [-0.1, -0.05) is 66.4 Å². The third-order valence-electron chi connectivity index (χ3n) is 4.79. The van der Waals surface area contributed by atoms with Crippen LogP contribution in [0.1, 0.15) is 33.6 Å². The number of hydrogen-bond acceptors (Lipinski definition) is 4. The average Bonchev–Trinajstić information content (AvgIpc) is 3.19. The van der Waals surface area contributed by atoms with Crippen molar-refractivity contribution < 1.29 is 4.79 Å².